The van der Waals surface area contributed by atoms with Crippen molar-refractivity contribution in [2.75, 3.05) is 19.1 Å². The summed E-state index contributed by atoms with van der Waals surface area (Å²) in [7, 11) is -1.72. The Bertz CT molecular complexity index is 217. The van der Waals surface area contributed by atoms with Crippen molar-refractivity contribution in [1.29, 1.82) is 0 Å². The second-order valence-corrected chi connectivity index (χ2v) is 4.41. The van der Waals surface area contributed by atoms with Crippen LogP contribution in [0.5, 0.6) is 0 Å². The third-order valence-electron chi connectivity index (χ3n) is 1.00. The number of carbonyl (C=O) groups is 1. The zero-order valence-corrected chi connectivity index (χ0v) is 7.35. The van der Waals surface area contributed by atoms with Crippen molar-refractivity contribution < 1.29 is 17.9 Å². The molecular formula is C6H11O4S. The molecule has 0 fully saturated rings. The quantitative estimate of drug-likeness (QED) is 0.561. The standard InChI is InChI=1S/C6H11O4S/c1-10-6(7)4-3-5-11(2,8)9/h4H,3,5H2,1-2H3. The highest BCUT2D eigenvalue weighted by atomic mass is 32.2. The van der Waals surface area contributed by atoms with E-state index in [1.807, 2.05) is 0 Å². The highest BCUT2D eigenvalue weighted by Gasteiger charge is 2.05. The second-order valence-electron chi connectivity index (χ2n) is 2.15. The van der Waals surface area contributed by atoms with Gasteiger partial charge in [0.1, 0.15) is 9.84 Å². The van der Waals surface area contributed by atoms with E-state index in [0.717, 1.165) is 6.26 Å². The zero-order valence-electron chi connectivity index (χ0n) is 6.53. The lowest BCUT2D eigenvalue weighted by molar-refractivity contribution is -0.136. The van der Waals surface area contributed by atoms with E-state index in [1.165, 1.54) is 13.5 Å². The van der Waals surface area contributed by atoms with Gasteiger partial charge in [0.15, 0.2) is 0 Å². The van der Waals surface area contributed by atoms with Gasteiger partial charge in [0.05, 0.1) is 19.3 Å². The Balaban J connectivity index is 3.51. The van der Waals surface area contributed by atoms with Gasteiger partial charge >= 0.3 is 5.97 Å². The first kappa shape index (κ1) is 10.4. The minimum atomic E-state index is -2.97. The summed E-state index contributed by atoms with van der Waals surface area (Å²) in [5, 5.41) is 0. The molecule has 0 rings (SSSR count). The van der Waals surface area contributed by atoms with Gasteiger partial charge in [-0.3, -0.25) is 4.79 Å². The molecule has 0 aliphatic heterocycles. The van der Waals surface area contributed by atoms with E-state index in [2.05, 4.69) is 4.74 Å². The van der Waals surface area contributed by atoms with Crippen molar-refractivity contribution in [3.8, 4) is 0 Å². The predicted octanol–water partition coefficient (Wildman–Crippen LogP) is -0.202. The molecule has 0 atom stereocenters. The summed E-state index contributed by atoms with van der Waals surface area (Å²) in [6.45, 7) is 0. The smallest absolute Gasteiger partial charge is 0.309 e. The first-order valence-electron chi connectivity index (χ1n) is 3.04. The number of carbonyl (C=O) groups excluding carboxylic acids is 1. The normalized spacial score (nSPS) is 11.1. The zero-order chi connectivity index (χ0) is 8.91. The summed E-state index contributed by atoms with van der Waals surface area (Å²) in [4.78, 5) is 10.4. The van der Waals surface area contributed by atoms with Gasteiger partial charge in [-0.25, -0.2) is 8.42 Å². The molecule has 0 spiro atoms. The molecule has 0 saturated carbocycles. The fourth-order valence-electron chi connectivity index (χ4n) is 0.474. The molecule has 0 bridgehead atoms. The predicted molar refractivity (Wildman–Crippen MR) is 40.6 cm³/mol. The molecular weight excluding hydrogens is 168 g/mol. The van der Waals surface area contributed by atoms with Gasteiger partial charge in [-0.2, -0.15) is 0 Å². The van der Waals surface area contributed by atoms with Crippen molar-refractivity contribution in [1.82, 2.24) is 0 Å². The van der Waals surface area contributed by atoms with Crippen LogP contribution in [0.4, 0.5) is 0 Å². The second kappa shape index (κ2) is 4.33. The molecule has 1 radical (unpaired) electrons. The average molecular weight is 179 g/mol. The fraction of sp³-hybridized carbons (Fsp3) is 0.667. The van der Waals surface area contributed by atoms with Crippen LogP contribution in [0, 0.1) is 6.42 Å². The van der Waals surface area contributed by atoms with Crippen LogP contribution >= 0.6 is 0 Å². The highest BCUT2D eigenvalue weighted by molar-refractivity contribution is 7.90. The summed E-state index contributed by atoms with van der Waals surface area (Å²) in [6, 6.07) is 0. The first-order valence-corrected chi connectivity index (χ1v) is 5.10. The fourth-order valence-corrected chi connectivity index (χ4v) is 1.02. The Hall–Kier alpha value is -0.580. The first-order chi connectivity index (χ1) is 4.95. The molecule has 65 valence electrons. The molecule has 11 heavy (non-hydrogen) atoms. The van der Waals surface area contributed by atoms with Crippen LogP contribution in [0.2, 0.25) is 0 Å². The van der Waals surface area contributed by atoms with Gasteiger partial charge in [-0.05, 0) is 6.42 Å². The lowest BCUT2D eigenvalue weighted by atomic mass is 10.3. The number of sulfone groups is 1. The molecule has 0 aromatic rings. The van der Waals surface area contributed by atoms with Gasteiger partial charge in [-0.1, -0.05) is 0 Å². The van der Waals surface area contributed by atoms with Crippen molar-refractivity contribution in [2.24, 2.45) is 0 Å². The molecule has 0 saturated heterocycles. The summed E-state index contributed by atoms with van der Waals surface area (Å²) < 4.78 is 25.3. The number of methoxy groups -OCH3 is 1. The van der Waals surface area contributed by atoms with Crippen molar-refractivity contribution in [2.45, 2.75) is 6.42 Å². The van der Waals surface area contributed by atoms with Crippen molar-refractivity contribution in [3.05, 3.63) is 6.42 Å². The Morgan fingerprint density at radius 3 is 2.45 bits per heavy atom. The van der Waals surface area contributed by atoms with E-state index in [9.17, 15) is 13.2 Å². The summed E-state index contributed by atoms with van der Waals surface area (Å²) in [5.74, 6) is -0.504. The summed E-state index contributed by atoms with van der Waals surface area (Å²) >= 11 is 0. The average Bonchev–Trinajstić information content (AvgIpc) is 1.85. The van der Waals surface area contributed by atoms with Crippen LogP contribution in [0.15, 0.2) is 0 Å². The summed E-state index contributed by atoms with van der Waals surface area (Å²) in [6.07, 6.45) is 2.55. The summed E-state index contributed by atoms with van der Waals surface area (Å²) in [5.41, 5.74) is 0. The SMILES string of the molecule is COC(=O)[CH]CCS(C)(=O)=O. The van der Waals surface area contributed by atoms with Crippen LogP contribution in [-0.2, 0) is 19.4 Å². The minimum absolute atomic E-state index is 0.0118. The van der Waals surface area contributed by atoms with Gasteiger partial charge in [0, 0.05) is 6.26 Å². The molecule has 0 heterocycles. The van der Waals surface area contributed by atoms with Crippen LogP contribution in [0.3, 0.4) is 0 Å². The van der Waals surface area contributed by atoms with Crippen molar-refractivity contribution in [3.63, 3.8) is 0 Å². The monoisotopic (exact) mass is 179 g/mol. The van der Waals surface area contributed by atoms with E-state index >= 15 is 0 Å². The Labute approximate surface area is 66.5 Å². The highest BCUT2D eigenvalue weighted by Crippen LogP contribution is 1.94. The molecule has 0 amide bonds. The van der Waals surface area contributed by atoms with E-state index in [4.69, 9.17) is 0 Å². The van der Waals surface area contributed by atoms with Crippen LogP contribution in [-0.4, -0.2) is 33.5 Å². The van der Waals surface area contributed by atoms with Crippen LogP contribution < -0.4 is 0 Å². The molecule has 5 heteroatoms. The maximum Gasteiger partial charge on any atom is 0.309 e. The third-order valence-corrected chi connectivity index (χ3v) is 1.98. The molecule has 0 aliphatic carbocycles. The maximum absolute atomic E-state index is 10.5. The molecule has 0 aromatic heterocycles. The topological polar surface area (TPSA) is 60.4 Å². The van der Waals surface area contributed by atoms with E-state index < -0.39 is 15.8 Å². The molecule has 0 N–H and O–H groups in total. The van der Waals surface area contributed by atoms with Gasteiger partial charge in [0.25, 0.3) is 0 Å². The lowest BCUT2D eigenvalue weighted by Crippen LogP contribution is -2.07. The van der Waals surface area contributed by atoms with Crippen LogP contribution in [0.25, 0.3) is 0 Å². The van der Waals surface area contributed by atoms with Gasteiger partial charge < -0.3 is 4.74 Å². The lowest BCUT2D eigenvalue weighted by Gasteiger charge is -1.96. The minimum Gasteiger partial charge on any atom is -0.469 e. The van der Waals surface area contributed by atoms with E-state index in [-0.39, 0.29) is 12.2 Å². The maximum atomic E-state index is 10.5. The number of hydrogen-bond acceptors (Lipinski definition) is 4. The van der Waals surface area contributed by atoms with E-state index in [0.29, 0.717) is 0 Å². The molecule has 0 unspecified atom stereocenters. The number of hydrogen-bond donors (Lipinski definition) is 0. The van der Waals surface area contributed by atoms with Gasteiger partial charge in [-0.15, -0.1) is 0 Å². The third kappa shape index (κ3) is 7.32. The van der Waals surface area contributed by atoms with Gasteiger partial charge in [0.2, 0.25) is 0 Å². The van der Waals surface area contributed by atoms with Crippen LogP contribution in [0.1, 0.15) is 6.42 Å². The largest absolute Gasteiger partial charge is 0.469 e. The Morgan fingerprint density at radius 2 is 2.09 bits per heavy atom. The van der Waals surface area contributed by atoms with Crippen molar-refractivity contribution >= 4 is 15.8 Å². The van der Waals surface area contributed by atoms with E-state index in [1.54, 1.807) is 0 Å². The Kier molecular flexibility index (Phi) is 4.10. The molecule has 0 aromatic carbocycles. The number of ether oxygens (including phenoxy) is 1. The number of esters is 1. The Morgan fingerprint density at radius 1 is 1.55 bits per heavy atom. The number of rotatable bonds is 4. The molecule has 0 aliphatic rings. The molecule has 4 nitrogen and oxygen atoms in total.